The normalized spacial score (nSPS) is 16.1. The van der Waals surface area contributed by atoms with E-state index in [1.807, 2.05) is 31.2 Å². The highest BCUT2D eigenvalue weighted by Gasteiger charge is 2.23. The minimum Gasteiger partial charge on any atom is -0.498 e. The number of carbonyl (C=O) groups is 1. The van der Waals surface area contributed by atoms with Gasteiger partial charge in [0.15, 0.2) is 0 Å². The summed E-state index contributed by atoms with van der Waals surface area (Å²) < 4.78 is 5.52. The van der Waals surface area contributed by atoms with Crippen molar-refractivity contribution in [3.05, 3.63) is 41.4 Å². The summed E-state index contributed by atoms with van der Waals surface area (Å²) in [5, 5.41) is 3.15. The van der Waals surface area contributed by atoms with Crippen molar-refractivity contribution < 1.29 is 9.53 Å². The fraction of sp³-hybridized carbons (Fsp3) is 0.444. The number of imidazole rings is 1. The number of rotatable bonds is 6. The number of H-pyrrole nitrogens is 1. The molecule has 0 saturated carbocycles. The number of nitrogens with one attached hydrogen (secondary N) is 2. The molecule has 2 aromatic rings. The van der Waals surface area contributed by atoms with Gasteiger partial charge in [0.2, 0.25) is 0 Å². The van der Waals surface area contributed by atoms with E-state index in [4.69, 9.17) is 4.74 Å². The molecular formula is C18H23N3O2S. The number of benzene rings is 1. The Labute approximate surface area is 146 Å². The number of para-hydroxylation sites is 2. The van der Waals surface area contributed by atoms with Gasteiger partial charge in [-0.05, 0) is 50.3 Å². The number of hydrogen-bond acceptors (Lipinski definition) is 4. The predicted octanol–water partition coefficient (Wildman–Crippen LogP) is 3.56. The fourth-order valence-electron chi connectivity index (χ4n) is 2.91. The van der Waals surface area contributed by atoms with Crippen molar-refractivity contribution in [2.75, 3.05) is 18.6 Å². The van der Waals surface area contributed by atoms with Gasteiger partial charge in [0, 0.05) is 0 Å². The highest BCUT2D eigenvalue weighted by Crippen LogP contribution is 2.23. The molecule has 3 rings (SSSR count). The maximum Gasteiger partial charge on any atom is 0.251 e. The number of amides is 1. The highest BCUT2D eigenvalue weighted by molar-refractivity contribution is 7.98. The molecule has 0 spiro atoms. The average Bonchev–Trinajstić information content (AvgIpc) is 3.02. The summed E-state index contributed by atoms with van der Waals surface area (Å²) in [4.78, 5) is 20.7. The third-order valence-electron chi connectivity index (χ3n) is 4.24. The minimum atomic E-state index is -0.125. The van der Waals surface area contributed by atoms with Crippen LogP contribution in [0.4, 0.5) is 0 Å². The molecule has 1 amide bonds. The topological polar surface area (TPSA) is 67.0 Å². The lowest BCUT2D eigenvalue weighted by Gasteiger charge is -2.21. The largest absolute Gasteiger partial charge is 0.498 e. The van der Waals surface area contributed by atoms with E-state index in [1.165, 1.54) is 0 Å². The van der Waals surface area contributed by atoms with E-state index < -0.39 is 0 Å². The Morgan fingerprint density at radius 1 is 1.46 bits per heavy atom. The Morgan fingerprint density at radius 3 is 3.04 bits per heavy atom. The highest BCUT2D eigenvalue weighted by atomic mass is 32.2. The lowest BCUT2D eigenvalue weighted by atomic mass is 10.1. The molecule has 1 aliphatic rings. The van der Waals surface area contributed by atoms with Gasteiger partial charge in [-0.1, -0.05) is 12.1 Å². The van der Waals surface area contributed by atoms with Crippen LogP contribution in [-0.2, 0) is 9.53 Å². The first kappa shape index (κ1) is 16.9. The molecule has 1 aromatic heterocycles. The summed E-state index contributed by atoms with van der Waals surface area (Å²) in [5.74, 6) is 2.47. The molecule has 0 aliphatic carbocycles. The van der Waals surface area contributed by atoms with E-state index >= 15 is 0 Å². The second-order valence-corrected chi connectivity index (χ2v) is 6.92. The van der Waals surface area contributed by atoms with Crippen LogP contribution in [0.5, 0.6) is 0 Å². The third kappa shape index (κ3) is 3.75. The molecule has 6 heteroatoms. The zero-order valence-electron chi connectivity index (χ0n) is 14.1. The van der Waals surface area contributed by atoms with Crippen molar-refractivity contribution in [2.24, 2.45) is 0 Å². The van der Waals surface area contributed by atoms with E-state index in [0.29, 0.717) is 6.61 Å². The zero-order valence-corrected chi connectivity index (χ0v) is 14.9. The minimum absolute atomic E-state index is 0.0428. The molecule has 1 atom stereocenters. The molecule has 2 heterocycles. The van der Waals surface area contributed by atoms with Crippen molar-refractivity contribution >= 4 is 28.7 Å². The average molecular weight is 345 g/mol. The van der Waals surface area contributed by atoms with Crippen LogP contribution < -0.4 is 5.32 Å². The molecule has 0 bridgehead atoms. The molecule has 128 valence electrons. The molecule has 2 N–H and O–H groups in total. The Bertz CT molecular complexity index is 721. The summed E-state index contributed by atoms with van der Waals surface area (Å²) in [6.07, 6.45) is 4.56. The second kappa shape index (κ2) is 7.75. The summed E-state index contributed by atoms with van der Waals surface area (Å²) >= 11 is 1.77. The first-order valence-electron chi connectivity index (χ1n) is 8.26. The lowest BCUT2D eigenvalue weighted by molar-refractivity contribution is -0.119. The summed E-state index contributed by atoms with van der Waals surface area (Å²) in [7, 11) is 0. The Kier molecular flexibility index (Phi) is 5.45. The molecule has 1 aliphatic heterocycles. The number of fused-ring (bicyclic) bond motifs is 1. The monoisotopic (exact) mass is 345 g/mol. The van der Waals surface area contributed by atoms with Crippen molar-refractivity contribution in [1.29, 1.82) is 0 Å². The number of carbonyl (C=O) groups excluding carboxylic acids is 1. The number of aromatic amines is 1. The van der Waals surface area contributed by atoms with Crippen LogP contribution in [0.3, 0.4) is 0 Å². The van der Waals surface area contributed by atoms with E-state index in [9.17, 15) is 4.79 Å². The molecule has 1 aromatic carbocycles. The van der Waals surface area contributed by atoms with Crippen LogP contribution in [0.15, 0.2) is 35.6 Å². The van der Waals surface area contributed by atoms with Gasteiger partial charge < -0.3 is 15.0 Å². The smallest absolute Gasteiger partial charge is 0.251 e. The summed E-state index contributed by atoms with van der Waals surface area (Å²) in [5.41, 5.74) is 2.67. The maximum absolute atomic E-state index is 12.7. The van der Waals surface area contributed by atoms with Crippen molar-refractivity contribution in [2.45, 2.75) is 32.2 Å². The van der Waals surface area contributed by atoms with Crippen molar-refractivity contribution in [3.63, 3.8) is 0 Å². The number of ether oxygens (including phenoxy) is 1. The van der Waals surface area contributed by atoms with Crippen molar-refractivity contribution in [1.82, 2.24) is 15.3 Å². The van der Waals surface area contributed by atoms with Crippen LogP contribution in [-0.4, -0.2) is 34.5 Å². The second-order valence-electron chi connectivity index (χ2n) is 5.93. The van der Waals surface area contributed by atoms with Crippen LogP contribution in [0.2, 0.25) is 0 Å². The van der Waals surface area contributed by atoms with Gasteiger partial charge in [-0.15, -0.1) is 0 Å². The van der Waals surface area contributed by atoms with Gasteiger partial charge in [-0.2, -0.15) is 11.8 Å². The van der Waals surface area contributed by atoms with Gasteiger partial charge in [0.05, 0.1) is 29.3 Å². The number of thioether (sulfide) groups is 1. The van der Waals surface area contributed by atoms with Crippen molar-refractivity contribution in [3.8, 4) is 0 Å². The first-order valence-corrected chi connectivity index (χ1v) is 9.65. The van der Waals surface area contributed by atoms with Gasteiger partial charge in [0.1, 0.15) is 11.6 Å². The molecule has 0 fully saturated rings. The van der Waals surface area contributed by atoms with Gasteiger partial charge in [-0.3, -0.25) is 4.79 Å². The molecule has 0 unspecified atom stereocenters. The number of allylic oxidation sites excluding steroid dienone is 1. The molecule has 5 nitrogen and oxygen atoms in total. The Balaban J connectivity index is 1.82. The fourth-order valence-corrected chi connectivity index (χ4v) is 3.38. The molecular weight excluding hydrogens is 322 g/mol. The van der Waals surface area contributed by atoms with Crippen LogP contribution in [0.1, 0.15) is 38.1 Å². The number of aromatic nitrogens is 2. The standard InChI is InChI=1S/C18H23N3O2S/c1-12-13(6-5-10-23-12)18(22)21-16(9-11-24-2)17-19-14-7-3-4-8-15(14)20-17/h3-4,7-8,16H,5-6,9-11H2,1-2H3,(H,19,20)(H,21,22)/t16-/m0/s1. The Morgan fingerprint density at radius 2 is 2.29 bits per heavy atom. The summed E-state index contributed by atoms with van der Waals surface area (Å²) in [6.45, 7) is 2.56. The Hall–Kier alpha value is -1.95. The predicted molar refractivity (Wildman–Crippen MR) is 97.9 cm³/mol. The number of nitrogens with zero attached hydrogens (tertiary/aromatic N) is 1. The lowest BCUT2D eigenvalue weighted by Crippen LogP contribution is -2.32. The van der Waals surface area contributed by atoms with E-state index in [1.54, 1.807) is 11.8 Å². The maximum atomic E-state index is 12.7. The van der Waals surface area contributed by atoms with Crippen LogP contribution in [0.25, 0.3) is 11.0 Å². The van der Waals surface area contributed by atoms with Crippen LogP contribution in [0, 0.1) is 0 Å². The molecule has 24 heavy (non-hydrogen) atoms. The van der Waals surface area contributed by atoms with Gasteiger partial charge in [0.25, 0.3) is 5.91 Å². The molecule has 0 saturated heterocycles. The number of hydrogen-bond donors (Lipinski definition) is 2. The molecule has 0 radical (unpaired) electrons. The van der Waals surface area contributed by atoms with Crippen LogP contribution >= 0.6 is 11.8 Å². The zero-order chi connectivity index (χ0) is 16.9. The summed E-state index contributed by atoms with van der Waals surface area (Å²) in [6, 6.07) is 7.80. The van der Waals surface area contributed by atoms with E-state index in [2.05, 4.69) is 21.5 Å². The van der Waals surface area contributed by atoms with Gasteiger partial charge >= 0.3 is 0 Å². The first-order chi connectivity index (χ1) is 11.7. The van der Waals surface area contributed by atoms with Gasteiger partial charge in [-0.25, -0.2) is 4.98 Å². The van der Waals surface area contributed by atoms with E-state index in [-0.39, 0.29) is 11.9 Å². The SMILES string of the molecule is CSCC[C@H](NC(=O)C1=C(C)OCCC1)c1nc2ccccc2[nH]1. The third-order valence-corrected chi connectivity index (χ3v) is 4.89. The van der Waals surface area contributed by atoms with E-state index in [0.717, 1.165) is 53.2 Å². The quantitative estimate of drug-likeness (QED) is 0.840.